The van der Waals surface area contributed by atoms with Gasteiger partial charge in [-0.05, 0) is 48.0 Å². The SMILES string of the molecule is [2H]C([2H])([2H])c1cnc(-c2ccc3c4cccc5c6ccccc6n(c3c2)c54)cc1C([2H])([2H])C(C)(C)C. The summed E-state index contributed by atoms with van der Waals surface area (Å²) < 4.78 is 43.9. The Labute approximate surface area is 189 Å². The Morgan fingerprint density at radius 3 is 2.39 bits per heavy atom. The molecule has 0 aliphatic heterocycles. The Morgan fingerprint density at radius 1 is 0.871 bits per heavy atom. The Kier molecular flexibility index (Phi) is 2.81. The third-order valence-electron chi connectivity index (χ3n) is 5.93. The first-order valence-corrected chi connectivity index (χ1v) is 10.6. The second-order valence-electron chi connectivity index (χ2n) is 9.28. The van der Waals surface area contributed by atoms with Crippen LogP contribution in [-0.2, 0) is 6.37 Å². The predicted molar refractivity (Wildman–Crippen MR) is 132 cm³/mol. The van der Waals surface area contributed by atoms with Crippen molar-refractivity contribution in [1.29, 1.82) is 0 Å². The number of benzene rings is 3. The summed E-state index contributed by atoms with van der Waals surface area (Å²) in [6.45, 7) is 2.89. The first-order valence-electron chi connectivity index (χ1n) is 13.1. The van der Waals surface area contributed by atoms with Gasteiger partial charge >= 0.3 is 0 Å². The molecule has 0 N–H and O–H groups in total. The maximum Gasteiger partial charge on any atom is 0.0705 e. The van der Waals surface area contributed by atoms with Crippen LogP contribution >= 0.6 is 0 Å². The summed E-state index contributed by atoms with van der Waals surface area (Å²) >= 11 is 0. The van der Waals surface area contributed by atoms with Crippen molar-refractivity contribution in [2.24, 2.45) is 5.41 Å². The molecule has 0 spiro atoms. The van der Waals surface area contributed by atoms with E-state index in [0.717, 1.165) is 22.0 Å². The van der Waals surface area contributed by atoms with Crippen molar-refractivity contribution in [3.63, 3.8) is 0 Å². The summed E-state index contributed by atoms with van der Waals surface area (Å²) in [4.78, 5) is 4.51. The van der Waals surface area contributed by atoms with Gasteiger partial charge in [0, 0.05) is 40.2 Å². The Balaban J connectivity index is 1.64. The zero-order valence-electron chi connectivity index (χ0n) is 22.8. The Bertz CT molecular complexity index is 1790. The first kappa shape index (κ1) is 13.8. The van der Waals surface area contributed by atoms with Crippen molar-refractivity contribution >= 4 is 38.1 Å². The summed E-state index contributed by atoms with van der Waals surface area (Å²) in [5.74, 6) is 0. The molecule has 0 saturated carbocycles. The van der Waals surface area contributed by atoms with Gasteiger partial charge in [-0.25, -0.2) is 0 Å². The molecular weight excluding hydrogens is 376 g/mol. The molecule has 0 atom stereocenters. The maximum atomic E-state index is 8.84. The molecule has 0 aliphatic carbocycles. The second-order valence-corrected chi connectivity index (χ2v) is 9.28. The van der Waals surface area contributed by atoms with Gasteiger partial charge in [-0.1, -0.05) is 69.3 Å². The van der Waals surface area contributed by atoms with Gasteiger partial charge in [0.05, 0.1) is 22.2 Å². The number of hydrogen-bond donors (Lipinski definition) is 0. The van der Waals surface area contributed by atoms with Crippen molar-refractivity contribution in [2.75, 3.05) is 0 Å². The minimum Gasteiger partial charge on any atom is -0.308 e. The van der Waals surface area contributed by atoms with Crippen LogP contribution in [0.1, 0.15) is 38.8 Å². The molecule has 0 unspecified atom stereocenters. The van der Waals surface area contributed by atoms with E-state index in [4.69, 9.17) is 6.85 Å². The number of para-hydroxylation sites is 2. The fourth-order valence-corrected chi connectivity index (χ4v) is 4.71. The van der Waals surface area contributed by atoms with Crippen LogP contribution in [0.3, 0.4) is 0 Å². The lowest BCUT2D eigenvalue weighted by Gasteiger charge is -2.20. The van der Waals surface area contributed by atoms with Crippen molar-refractivity contribution < 1.29 is 6.85 Å². The van der Waals surface area contributed by atoms with E-state index in [1.165, 1.54) is 27.9 Å². The molecule has 3 heterocycles. The lowest BCUT2D eigenvalue weighted by atomic mass is 9.86. The van der Waals surface area contributed by atoms with Crippen LogP contribution in [-0.4, -0.2) is 9.38 Å². The van der Waals surface area contributed by atoms with E-state index >= 15 is 0 Å². The molecule has 31 heavy (non-hydrogen) atoms. The van der Waals surface area contributed by atoms with Crippen molar-refractivity contribution in [3.05, 3.63) is 84.1 Å². The largest absolute Gasteiger partial charge is 0.308 e. The van der Waals surface area contributed by atoms with Gasteiger partial charge in [0.2, 0.25) is 0 Å². The number of nitrogens with zero attached hydrogens (tertiary/aromatic N) is 2. The molecule has 0 saturated heterocycles. The van der Waals surface area contributed by atoms with Crippen molar-refractivity contribution in [3.8, 4) is 11.3 Å². The fourth-order valence-electron chi connectivity index (χ4n) is 4.71. The summed E-state index contributed by atoms with van der Waals surface area (Å²) in [5.41, 5.74) is 4.04. The minimum absolute atomic E-state index is 0.0437. The zero-order chi connectivity index (χ0) is 25.6. The average molecular weight is 408 g/mol. The number of rotatable bonds is 2. The topological polar surface area (TPSA) is 17.3 Å². The number of aromatic nitrogens is 2. The third kappa shape index (κ3) is 2.75. The van der Waals surface area contributed by atoms with E-state index in [-0.39, 0.29) is 11.1 Å². The molecule has 0 bridgehead atoms. The lowest BCUT2D eigenvalue weighted by Crippen LogP contribution is -2.10. The molecule has 6 rings (SSSR count). The van der Waals surface area contributed by atoms with Gasteiger partial charge in [0.1, 0.15) is 0 Å². The van der Waals surface area contributed by atoms with Gasteiger partial charge in [-0.15, -0.1) is 0 Å². The van der Waals surface area contributed by atoms with Gasteiger partial charge in [0.15, 0.2) is 0 Å². The molecule has 0 aliphatic rings. The summed E-state index contributed by atoms with van der Waals surface area (Å²) in [6, 6.07) is 22.5. The highest BCUT2D eigenvalue weighted by Crippen LogP contribution is 2.40. The van der Waals surface area contributed by atoms with E-state index in [1.807, 2.05) is 12.1 Å². The van der Waals surface area contributed by atoms with Gasteiger partial charge in [-0.3, -0.25) is 4.98 Å². The standard InChI is InChI=1S/C29H26N2/c1-18-17-30-25(14-20(18)16-29(2,3)4)19-12-13-22-24-10-7-9-23-21-8-5-6-11-26(21)31(28(23)24)27(22)15-19/h5-15,17H,16H2,1-4H3/i1D3,16D2. The molecule has 3 aromatic heterocycles. The average Bonchev–Trinajstić information content (AvgIpc) is 3.34. The number of fused-ring (bicyclic) bond motifs is 6. The molecule has 6 aromatic rings. The number of hydrogen-bond acceptors (Lipinski definition) is 1. The molecule has 152 valence electrons. The number of aryl methyl sites for hydroxylation is 1. The van der Waals surface area contributed by atoms with Crippen LogP contribution in [0, 0.1) is 12.3 Å². The van der Waals surface area contributed by atoms with Gasteiger partial charge in [0.25, 0.3) is 0 Å². The summed E-state index contributed by atoms with van der Waals surface area (Å²) in [7, 11) is 0. The van der Waals surface area contributed by atoms with Crippen molar-refractivity contribution in [2.45, 2.75) is 34.0 Å². The summed E-state index contributed by atoms with van der Waals surface area (Å²) in [5, 5.41) is 4.73. The lowest BCUT2D eigenvalue weighted by molar-refractivity contribution is 0.410. The normalized spacial score (nSPS) is 15.9. The molecule has 0 radical (unpaired) electrons. The Hall–Kier alpha value is -3.39. The molecule has 3 aromatic carbocycles. The molecule has 0 amide bonds. The quantitative estimate of drug-likeness (QED) is 0.286. The van der Waals surface area contributed by atoms with Crippen molar-refractivity contribution in [1.82, 2.24) is 9.38 Å². The Morgan fingerprint density at radius 2 is 1.61 bits per heavy atom. The van der Waals surface area contributed by atoms with Crippen LogP contribution in [0.4, 0.5) is 0 Å². The van der Waals surface area contributed by atoms with Gasteiger partial charge in [-0.2, -0.15) is 0 Å². The smallest absolute Gasteiger partial charge is 0.0705 e. The number of pyridine rings is 1. The van der Waals surface area contributed by atoms with Crippen LogP contribution < -0.4 is 0 Å². The van der Waals surface area contributed by atoms with Gasteiger partial charge < -0.3 is 4.40 Å². The molecule has 0 fully saturated rings. The molecule has 2 heteroatoms. The van der Waals surface area contributed by atoms with Crippen LogP contribution in [0.2, 0.25) is 0 Å². The first-order chi connectivity index (χ1) is 16.9. The zero-order valence-corrected chi connectivity index (χ0v) is 17.8. The summed E-state index contributed by atoms with van der Waals surface area (Å²) in [6.07, 6.45) is -0.545. The van der Waals surface area contributed by atoms with E-state index in [1.54, 1.807) is 26.8 Å². The third-order valence-corrected chi connectivity index (χ3v) is 5.93. The molecular formula is C29H26N2. The highest BCUT2D eigenvalue weighted by Gasteiger charge is 2.18. The highest BCUT2D eigenvalue weighted by molar-refractivity contribution is 6.23. The van der Waals surface area contributed by atoms with E-state index < -0.39 is 18.6 Å². The predicted octanol–water partition coefficient (Wildman–Crippen LogP) is 7.80. The van der Waals surface area contributed by atoms with E-state index in [0.29, 0.717) is 5.69 Å². The maximum absolute atomic E-state index is 8.84. The van der Waals surface area contributed by atoms with E-state index in [2.05, 4.69) is 57.9 Å². The second kappa shape index (κ2) is 6.31. The molecule has 2 nitrogen and oxygen atoms in total. The van der Waals surface area contributed by atoms with E-state index in [9.17, 15) is 0 Å². The van der Waals surface area contributed by atoms with Crippen LogP contribution in [0.5, 0.6) is 0 Å². The van der Waals surface area contributed by atoms with Crippen LogP contribution in [0.25, 0.3) is 49.4 Å². The highest BCUT2D eigenvalue weighted by atomic mass is 14.9. The fraction of sp³-hybridized carbons (Fsp3) is 0.207. The monoisotopic (exact) mass is 407 g/mol. The minimum atomic E-state index is -2.46. The van der Waals surface area contributed by atoms with Crippen LogP contribution in [0.15, 0.2) is 72.9 Å².